The number of fused-ring (bicyclic) bond motifs is 1. The van der Waals surface area contributed by atoms with Crippen LogP contribution in [0.15, 0.2) is 36.5 Å². The lowest BCUT2D eigenvalue weighted by Gasteiger charge is -2.11. The zero-order chi connectivity index (χ0) is 20.8. The molecule has 3 N–H and O–H groups in total. The molecule has 0 radical (unpaired) electrons. The van der Waals surface area contributed by atoms with Crippen molar-refractivity contribution in [3.05, 3.63) is 52.8 Å². The van der Waals surface area contributed by atoms with Crippen molar-refractivity contribution in [3.8, 4) is 11.4 Å². The third-order valence-electron chi connectivity index (χ3n) is 4.04. The Balaban J connectivity index is 1.81. The second-order valence-electron chi connectivity index (χ2n) is 6.09. The maximum absolute atomic E-state index is 12.7. The van der Waals surface area contributed by atoms with Crippen molar-refractivity contribution in [2.24, 2.45) is 0 Å². The quantitative estimate of drug-likeness (QED) is 0.443. The van der Waals surface area contributed by atoms with Crippen molar-refractivity contribution in [2.45, 2.75) is 13.1 Å². The van der Waals surface area contributed by atoms with Crippen LogP contribution in [-0.2, 0) is 6.18 Å². The van der Waals surface area contributed by atoms with Crippen molar-refractivity contribution in [1.82, 2.24) is 19.9 Å². The van der Waals surface area contributed by atoms with Crippen LogP contribution in [0.25, 0.3) is 21.7 Å². The molecule has 4 aromatic rings. The Morgan fingerprint density at radius 3 is 2.55 bits per heavy atom. The predicted molar refractivity (Wildman–Crippen MR) is 107 cm³/mol. The number of anilines is 3. The molecule has 0 spiro atoms. The molecule has 0 fully saturated rings. The zero-order valence-electron chi connectivity index (χ0n) is 14.8. The fourth-order valence-electron chi connectivity index (χ4n) is 2.72. The van der Waals surface area contributed by atoms with Crippen LogP contribution in [0.5, 0.6) is 0 Å². The number of pyridine rings is 1. The normalized spacial score (nSPS) is 11.8. The Kier molecular flexibility index (Phi) is 4.75. The van der Waals surface area contributed by atoms with Crippen LogP contribution >= 0.6 is 22.9 Å². The molecule has 0 bridgehead atoms. The van der Waals surface area contributed by atoms with Gasteiger partial charge in [-0.2, -0.15) is 13.2 Å². The summed E-state index contributed by atoms with van der Waals surface area (Å²) in [6.45, 7) is 1.88. The summed E-state index contributed by atoms with van der Waals surface area (Å²) in [5.41, 5.74) is 7.07. The van der Waals surface area contributed by atoms with Gasteiger partial charge in [0.25, 0.3) is 0 Å². The fraction of sp³-hybridized carbons (Fsp3) is 0.111. The van der Waals surface area contributed by atoms with E-state index in [2.05, 4.69) is 25.3 Å². The van der Waals surface area contributed by atoms with Gasteiger partial charge in [0.15, 0.2) is 21.6 Å². The van der Waals surface area contributed by atoms with E-state index in [1.807, 2.05) is 19.1 Å². The smallest absolute Gasteiger partial charge is 0.375 e. The summed E-state index contributed by atoms with van der Waals surface area (Å²) in [6.07, 6.45) is -3.44. The highest BCUT2D eigenvalue weighted by Gasteiger charge is 2.32. The van der Waals surface area contributed by atoms with E-state index in [9.17, 15) is 13.2 Å². The number of aromatic nitrogens is 4. The number of alkyl halides is 3. The van der Waals surface area contributed by atoms with Crippen LogP contribution in [0.1, 0.15) is 11.3 Å². The lowest BCUT2D eigenvalue weighted by molar-refractivity contribution is -0.141. The maximum Gasteiger partial charge on any atom is 0.433 e. The second kappa shape index (κ2) is 7.12. The molecule has 0 saturated heterocycles. The molecule has 1 aromatic carbocycles. The molecule has 29 heavy (non-hydrogen) atoms. The standard InChI is InChI=1S/C18H12ClF3N6S/c1-8-3-2-4-10(19)12(8)14-27-15(13-16(28-14)29-17(23)26-13)25-9-5-6-11(24-7-9)18(20,21)22/h2-7H,1H3,(H2,23,26)(H,25,27,28). The van der Waals surface area contributed by atoms with Crippen LogP contribution in [0, 0.1) is 6.92 Å². The third-order valence-corrected chi connectivity index (χ3v) is 5.13. The van der Waals surface area contributed by atoms with Gasteiger partial charge in [-0.1, -0.05) is 35.1 Å². The summed E-state index contributed by atoms with van der Waals surface area (Å²) in [6, 6.07) is 7.57. The topological polar surface area (TPSA) is 89.6 Å². The molecule has 0 aliphatic carbocycles. The van der Waals surface area contributed by atoms with E-state index < -0.39 is 11.9 Å². The van der Waals surface area contributed by atoms with E-state index in [1.165, 1.54) is 17.4 Å². The van der Waals surface area contributed by atoms with E-state index in [0.29, 0.717) is 38.3 Å². The average Bonchev–Trinajstić information content (AvgIpc) is 3.02. The monoisotopic (exact) mass is 436 g/mol. The summed E-state index contributed by atoms with van der Waals surface area (Å²) >= 11 is 7.51. The van der Waals surface area contributed by atoms with Gasteiger partial charge in [0.2, 0.25) is 0 Å². The number of hydrogen-bond acceptors (Lipinski definition) is 7. The number of nitrogens with zero attached hydrogens (tertiary/aromatic N) is 4. The molecular weight excluding hydrogens is 425 g/mol. The van der Waals surface area contributed by atoms with E-state index >= 15 is 0 Å². The Morgan fingerprint density at radius 1 is 1.10 bits per heavy atom. The number of rotatable bonds is 3. The summed E-state index contributed by atoms with van der Waals surface area (Å²) < 4.78 is 38.2. The molecule has 0 saturated carbocycles. The fourth-order valence-corrected chi connectivity index (χ4v) is 3.74. The van der Waals surface area contributed by atoms with Crippen LogP contribution in [0.4, 0.5) is 29.8 Å². The van der Waals surface area contributed by atoms with Gasteiger partial charge in [0, 0.05) is 5.56 Å². The minimum atomic E-state index is -4.52. The Labute approximate surface area is 171 Å². The summed E-state index contributed by atoms with van der Waals surface area (Å²) in [7, 11) is 0. The van der Waals surface area contributed by atoms with Crippen molar-refractivity contribution in [2.75, 3.05) is 11.1 Å². The summed E-state index contributed by atoms with van der Waals surface area (Å²) in [5.74, 6) is 0.644. The highest BCUT2D eigenvalue weighted by Crippen LogP contribution is 2.35. The molecule has 4 rings (SSSR count). The van der Waals surface area contributed by atoms with Gasteiger partial charge in [-0.3, -0.25) is 0 Å². The minimum absolute atomic E-state index is 0.288. The Bertz CT molecular complexity index is 1190. The molecule has 11 heteroatoms. The number of nitrogens with one attached hydrogen (secondary N) is 1. The first-order valence-corrected chi connectivity index (χ1v) is 9.41. The first kappa shape index (κ1) is 19.3. The van der Waals surface area contributed by atoms with Crippen LogP contribution in [0.2, 0.25) is 5.02 Å². The number of nitrogens with two attached hydrogens (primary N) is 1. The van der Waals surface area contributed by atoms with Gasteiger partial charge in [0.1, 0.15) is 11.2 Å². The number of aryl methyl sites for hydroxylation is 1. The Hall–Kier alpha value is -2.98. The van der Waals surface area contributed by atoms with Gasteiger partial charge >= 0.3 is 6.18 Å². The molecular formula is C18H12ClF3N6S. The van der Waals surface area contributed by atoms with Gasteiger partial charge in [0.05, 0.1) is 16.9 Å². The first-order valence-electron chi connectivity index (χ1n) is 8.22. The number of benzene rings is 1. The molecule has 0 aliphatic rings. The van der Waals surface area contributed by atoms with Gasteiger partial charge in [-0.25, -0.2) is 19.9 Å². The van der Waals surface area contributed by atoms with Crippen LogP contribution in [0.3, 0.4) is 0 Å². The van der Waals surface area contributed by atoms with Crippen molar-refractivity contribution in [3.63, 3.8) is 0 Å². The summed E-state index contributed by atoms with van der Waals surface area (Å²) in [5, 5.41) is 3.72. The van der Waals surface area contributed by atoms with Crippen molar-refractivity contribution < 1.29 is 13.2 Å². The van der Waals surface area contributed by atoms with Crippen molar-refractivity contribution in [1.29, 1.82) is 0 Å². The maximum atomic E-state index is 12.7. The third kappa shape index (κ3) is 3.81. The molecule has 0 amide bonds. The predicted octanol–water partition coefficient (Wildman–Crippen LogP) is 5.45. The highest BCUT2D eigenvalue weighted by molar-refractivity contribution is 7.21. The average molecular weight is 437 g/mol. The molecule has 3 aromatic heterocycles. The number of nitrogen functional groups attached to an aromatic ring is 1. The largest absolute Gasteiger partial charge is 0.433 e. The zero-order valence-corrected chi connectivity index (χ0v) is 16.3. The molecule has 3 heterocycles. The number of hydrogen-bond donors (Lipinski definition) is 2. The van der Waals surface area contributed by atoms with Crippen LogP contribution < -0.4 is 11.1 Å². The molecule has 0 aliphatic heterocycles. The van der Waals surface area contributed by atoms with E-state index in [0.717, 1.165) is 17.8 Å². The SMILES string of the molecule is Cc1cccc(Cl)c1-c1nc(Nc2ccc(C(F)(F)F)nc2)c2nc(N)sc2n1. The van der Waals surface area contributed by atoms with E-state index in [1.54, 1.807) is 6.07 Å². The van der Waals surface area contributed by atoms with Gasteiger partial charge < -0.3 is 11.1 Å². The van der Waals surface area contributed by atoms with Gasteiger partial charge in [-0.05, 0) is 30.7 Å². The number of halogens is 4. The lowest BCUT2D eigenvalue weighted by atomic mass is 10.1. The molecule has 0 atom stereocenters. The van der Waals surface area contributed by atoms with E-state index in [4.69, 9.17) is 17.3 Å². The molecule has 0 unspecified atom stereocenters. The Morgan fingerprint density at radius 2 is 1.90 bits per heavy atom. The highest BCUT2D eigenvalue weighted by atomic mass is 35.5. The van der Waals surface area contributed by atoms with E-state index in [-0.39, 0.29) is 5.13 Å². The molecule has 148 valence electrons. The summed E-state index contributed by atoms with van der Waals surface area (Å²) in [4.78, 5) is 17.2. The van der Waals surface area contributed by atoms with Crippen molar-refractivity contribution >= 4 is 49.9 Å². The molecule has 6 nitrogen and oxygen atoms in total. The second-order valence-corrected chi connectivity index (χ2v) is 7.50. The van der Waals surface area contributed by atoms with Gasteiger partial charge in [-0.15, -0.1) is 0 Å². The van der Waals surface area contributed by atoms with Crippen LogP contribution in [-0.4, -0.2) is 19.9 Å². The first-order chi connectivity index (χ1) is 13.7. The minimum Gasteiger partial charge on any atom is -0.375 e. The lowest BCUT2D eigenvalue weighted by Crippen LogP contribution is -2.08. The number of thiazole rings is 1.